The second kappa shape index (κ2) is 1.76. The summed E-state index contributed by atoms with van der Waals surface area (Å²) in [6.45, 7) is 4.65. The van der Waals surface area contributed by atoms with Crippen molar-refractivity contribution in [2.45, 2.75) is 39.2 Å². The van der Waals surface area contributed by atoms with Crippen LogP contribution in [0.25, 0.3) is 0 Å². The van der Waals surface area contributed by atoms with Crippen LogP contribution >= 0.6 is 0 Å². The van der Waals surface area contributed by atoms with Gasteiger partial charge in [0.15, 0.2) is 0 Å². The first-order valence-electron chi connectivity index (χ1n) is 4.40. The molecule has 1 heteroatoms. The molecular formula is C9H17N. The molecule has 10 heavy (non-hydrogen) atoms. The van der Waals surface area contributed by atoms with E-state index in [-0.39, 0.29) is 0 Å². The van der Waals surface area contributed by atoms with E-state index in [1.807, 2.05) is 0 Å². The molecule has 0 amide bonds. The molecule has 58 valence electrons. The van der Waals surface area contributed by atoms with Gasteiger partial charge in [0.25, 0.3) is 0 Å². The highest BCUT2D eigenvalue weighted by atomic mass is 14.8. The Hall–Kier alpha value is -0.0400. The maximum Gasteiger partial charge on any atom is 0.0102 e. The zero-order chi connectivity index (χ0) is 7.35. The van der Waals surface area contributed by atoms with E-state index in [1.54, 1.807) is 0 Å². The highest BCUT2D eigenvalue weighted by Gasteiger charge is 2.59. The lowest BCUT2D eigenvalue weighted by atomic mass is 9.66. The van der Waals surface area contributed by atoms with Gasteiger partial charge in [-0.15, -0.1) is 0 Å². The van der Waals surface area contributed by atoms with Crippen molar-refractivity contribution in [2.75, 3.05) is 0 Å². The molecule has 2 aliphatic rings. The Bertz CT molecular complexity index is 145. The van der Waals surface area contributed by atoms with Crippen molar-refractivity contribution < 1.29 is 0 Å². The fraction of sp³-hybridized carbons (Fsp3) is 1.00. The van der Waals surface area contributed by atoms with Gasteiger partial charge in [-0.3, -0.25) is 0 Å². The molecule has 0 bridgehead atoms. The first-order chi connectivity index (χ1) is 4.64. The van der Waals surface area contributed by atoms with E-state index in [1.165, 1.54) is 19.3 Å². The molecule has 0 saturated heterocycles. The van der Waals surface area contributed by atoms with Gasteiger partial charge in [-0.1, -0.05) is 13.8 Å². The van der Waals surface area contributed by atoms with Crippen molar-refractivity contribution in [3.63, 3.8) is 0 Å². The van der Waals surface area contributed by atoms with Crippen LogP contribution in [0.15, 0.2) is 0 Å². The van der Waals surface area contributed by atoms with Crippen LogP contribution in [-0.4, -0.2) is 6.04 Å². The van der Waals surface area contributed by atoms with Gasteiger partial charge in [-0.25, -0.2) is 0 Å². The molecule has 2 aliphatic carbocycles. The summed E-state index contributed by atoms with van der Waals surface area (Å²) in [4.78, 5) is 0. The van der Waals surface area contributed by atoms with E-state index in [2.05, 4.69) is 13.8 Å². The molecule has 1 unspecified atom stereocenters. The lowest BCUT2D eigenvalue weighted by Crippen LogP contribution is -2.33. The lowest BCUT2D eigenvalue weighted by Gasteiger charge is -2.39. The predicted octanol–water partition coefficient (Wildman–Crippen LogP) is 1.77. The van der Waals surface area contributed by atoms with E-state index >= 15 is 0 Å². The van der Waals surface area contributed by atoms with Crippen molar-refractivity contribution in [3.05, 3.63) is 0 Å². The highest BCUT2D eigenvalue weighted by Crippen LogP contribution is 2.63. The molecule has 2 fully saturated rings. The average Bonchev–Trinajstić information content (AvgIpc) is 2.36. The van der Waals surface area contributed by atoms with Crippen LogP contribution in [0, 0.1) is 17.3 Å². The van der Waals surface area contributed by atoms with Crippen molar-refractivity contribution in [1.29, 1.82) is 0 Å². The monoisotopic (exact) mass is 139 g/mol. The Kier molecular flexibility index (Phi) is 1.17. The first-order valence-corrected chi connectivity index (χ1v) is 4.40. The van der Waals surface area contributed by atoms with Crippen LogP contribution in [0.5, 0.6) is 0 Å². The minimum Gasteiger partial charge on any atom is -0.327 e. The van der Waals surface area contributed by atoms with Crippen LogP contribution in [0.2, 0.25) is 0 Å². The molecule has 0 heterocycles. The Morgan fingerprint density at radius 3 is 2.10 bits per heavy atom. The molecule has 0 aromatic carbocycles. The molecule has 0 aromatic rings. The zero-order valence-corrected chi connectivity index (χ0v) is 6.93. The van der Waals surface area contributed by atoms with Crippen LogP contribution < -0.4 is 5.73 Å². The van der Waals surface area contributed by atoms with Gasteiger partial charge in [-0.2, -0.15) is 0 Å². The second-order valence-corrected chi connectivity index (χ2v) is 4.59. The highest BCUT2D eigenvalue weighted by molar-refractivity contribution is 5.13. The Labute approximate surface area is 63.0 Å². The first kappa shape index (κ1) is 6.66. The Morgan fingerprint density at radius 1 is 1.30 bits per heavy atom. The van der Waals surface area contributed by atoms with Gasteiger partial charge >= 0.3 is 0 Å². The van der Waals surface area contributed by atoms with Gasteiger partial charge in [0.2, 0.25) is 0 Å². The van der Waals surface area contributed by atoms with Gasteiger partial charge in [0.1, 0.15) is 0 Å². The molecule has 2 saturated carbocycles. The molecule has 0 aliphatic heterocycles. The van der Waals surface area contributed by atoms with E-state index < -0.39 is 0 Å². The smallest absolute Gasteiger partial charge is 0.0102 e. The fourth-order valence-corrected chi connectivity index (χ4v) is 2.30. The molecule has 1 spiro atoms. The summed E-state index contributed by atoms with van der Waals surface area (Å²) in [6.07, 6.45) is 4.16. The van der Waals surface area contributed by atoms with Crippen molar-refractivity contribution in [1.82, 2.24) is 0 Å². The third-order valence-electron chi connectivity index (χ3n) is 3.53. The summed E-state index contributed by atoms with van der Waals surface area (Å²) in [5.41, 5.74) is 6.49. The SMILES string of the molecule is CC(C)C1CC2(C1)CC2N. The average molecular weight is 139 g/mol. The largest absolute Gasteiger partial charge is 0.327 e. The number of hydrogen-bond donors (Lipinski definition) is 1. The topological polar surface area (TPSA) is 26.0 Å². The molecule has 2 N–H and O–H groups in total. The summed E-state index contributed by atoms with van der Waals surface area (Å²) in [5.74, 6) is 1.88. The fourth-order valence-electron chi connectivity index (χ4n) is 2.30. The summed E-state index contributed by atoms with van der Waals surface area (Å²) in [7, 11) is 0. The van der Waals surface area contributed by atoms with Gasteiger partial charge in [0.05, 0.1) is 0 Å². The number of hydrogen-bond acceptors (Lipinski definition) is 1. The quantitative estimate of drug-likeness (QED) is 0.588. The predicted molar refractivity (Wildman–Crippen MR) is 42.6 cm³/mol. The maximum absolute atomic E-state index is 5.82. The summed E-state index contributed by atoms with van der Waals surface area (Å²) in [6, 6.07) is 0.572. The number of nitrogens with two attached hydrogens (primary N) is 1. The van der Waals surface area contributed by atoms with Crippen LogP contribution in [0.3, 0.4) is 0 Å². The molecular weight excluding hydrogens is 122 g/mol. The molecule has 2 rings (SSSR count). The van der Waals surface area contributed by atoms with Crippen LogP contribution in [-0.2, 0) is 0 Å². The Morgan fingerprint density at radius 2 is 1.80 bits per heavy atom. The molecule has 1 nitrogen and oxygen atoms in total. The normalized spacial score (nSPS) is 51.6. The lowest BCUT2D eigenvalue weighted by molar-refractivity contribution is 0.115. The summed E-state index contributed by atoms with van der Waals surface area (Å²) in [5, 5.41) is 0. The van der Waals surface area contributed by atoms with Crippen molar-refractivity contribution >= 4 is 0 Å². The Balaban J connectivity index is 1.84. The van der Waals surface area contributed by atoms with E-state index in [0.29, 0.717) is 11.5 Å². The van der Waals surface area contributed by atoms with Gasteiger partial charge in [-0.05, 0) is 36.5 Å². The van der Waals surface area contributed by atoms with Gasteiger partial charge < -0.3 is 5.73 Å². The summed E-state index contributed by atoms with van der Waals surface area (Å²) >= 11 is 0. The molecule has 0 aromatic heterocycles. The number of rotatable bonds is 1. The van der Waals surface area contributed by atoms with E-state index in [9.17, 15) is 0 Å². The molecule has 0 radical (unpaired) electrons. The third kappa shape index (κ3) is 0.731. The van der Waals surface area contributed by atoms with Crippen molar-refractivity contribution in [3.8, 4) is 0 Å². The molecule has 1 atom stereocenters. The third-order valence-corrected chi connectivity index (χ3v) is 3.53. The maximum atomic E-state index is 5.82. The minimum absolute atomic E-state index is 0.572. The van der Waals surface area contributed by atoms with Gasteiger partial charge in [0, 0.05) is 6.04 Å². The second-order valence-electron chi connectivity index (χ2n) is 4.59. The summed E-state index contributed by atoms with van der Waals surface area (Å²) < 4.78 is 0. The standard InChI is InChI=1S/C9H17N/c1-6(2)7-3-9(4-7)5-8(9)10/h6-8H,3-5,10H2,1-2H3. The van der Waals surface area contributed by atoms with Crippen LogP contribution in [0.4, 0.5) is 0 Å². The van der Waals surface area contributed by atoms with E-state index in [0.717, 1.165) is 11.8 Å². The zero-order valence-electron chi connectivity index (χ0n) is 6.93. The minimum atomic E-state index is 0.572. The van der Waals surface area contributed by atoms with Crippen molar-refractivity contribution in [2.24, 2.45) is 23.0 Å². The van der Waals surface area contributed by atoms with Crippen LogP contribution in [0.1, 0.15) is 33.1 Å². The van der Waals surface area contributed by atoms with E-state index in [4.69, 9.17) is 5.73 Å².